The van der Waals surface area contributed by atoms with Gasteiger partial charge in [0.2, 0.25) is 0 Å². The SMILES string of the molecule is CCCNCC1C(C)(C)C12CCCCC2CC. The summed E-state index contributed by atoms with van der Waals surface area (Å²) in [5, 5.41) is 3.67. The molecule has 1 N–H and O–H groups in total. The number of nitrogens with one attached hydrogen (secondary N) is 1. The van der Waals surface area contributed by atoms with E-state index in [1.165, 1.54) is 51.6 Å². The van der Waals surface area contributed by atoms with Crippen LogP contribution in [0, 0.1) is 22.7 Å². The first kappa shape index (κ1) is 13.4. The predicted molar refractivity (Wildman–Crippen MR) is 75.1 cm³/mol. The van der Waals surface area contributed by atoms with E-state index in [9.17, 15) is 0 Å². The normalized spacial score (nSPS) is 39.5. The molecular formula is C16H31N. The molecule has 1 nitrogen and oxygen atoms in total. The van der Waals surface area contributed by atoms with Crippen LogP contribution in [0.25, 0.3) is 0 Å². The maximum absolute atomic E-state index is 3.67. The third kappa shape index (κ3) is 1.95. The third-order valence-corrected chi connectivity index (χ3v) is 6.00. The minimum absolute atomic E-state index is 0.592. The first-order valence-corrected chi connectivity index (χ1v) is 7.82. The molecule has 0 aromatic carbocycles. The summed E-state index contributed by atoms with van der Waals surface area (Å²) in [7, 11) is 0. The Hall–Kier alpha value is -0.0400. The highest BCUT2D eigenvalue weighted by Gasteiger charge is 2.72. The molecule has 2 fully saturated rings. The Labute approximate surface area is 108 Å². The molecule has 1 heteroatoms. The molecule has 0 aliphatic heterocycles. The van der Waals surface area contributed by atoms with Crippen LogP contribution in [0.5, 0.6) is 0 Å². The lowest BCUT2D eigenvalue weighted by molar-refractivity contribution is 0.154. The summed E-state index contributed by atoms with van der Waals surface area (Å²) >= 11 is 0. The molecule has 0 radical (unpaired) electrons. The Bertz CT molecular complexity index is 258. The molecule has 0 aromatic rings. The summed E-state index contributed by atoms with van der Waals surface area (Å²) in [4.78, 5) is 0. The first-order chi connectivity index (χ1) is 8.11. The molecule has 2 saturated carbocycles. The summed E-state index contributed by atoms with van der Waals surface area (Å²) < 4.78 is 0. The van der Waals surface area contributed by atoms with Gasteiger partial charge in [-0.15, -0.1) is 0 Å². The second-order valence-corrected chi connectivity index (χ2v) is 6.87. The van der Waals surface area contributed by atoms with Crippen LogP contribution in [0.3, 0.4) is 0 Å². The summed E-state index contributed by atoms with van der Waals surface area (Å²) in [6, 6.07) is 0. The highest BCUT2D eigenvalue weighted by molar-refractivity contribution is 5.20. The van der Waals surface area contributed by atoms with Crippen molar-refractivity contribution in [1.82, 2.24) is 5.32 Å². The Morgan fingerprint density at radius 3 is 2.59 bits per heavy atom. The molecule has 0 saturated heterocycles. The molecule has 0 bridgehead atoms. The van der Waals surface area contributed by atoms with Crippen molar-refractivity contribution in [3.63, 3.8) is 0 Å². The molecule has 0 heterocycles. The molecule has 0 aromatic heterocycles. The van der Waals surface area contributed by atoms with Gasteiger partial charge >= 0.3 is 0 Å². The van der Waals surface area contributed by atoms with E-state index in [4.69, 9.17) is 0 Å². The van der Waals surface area contributed by atoms with Gasteiger partial charge in [-0.3, -0.25) is 0 Å². The Kier molecular flexibility index (Phi) is 3.87. The average molecular weight is 237 g/mol. The molecule has 1 spiro atoms. The molecular weight excluding hydrogens is 206 g/mol. The van der Waals surface area contributed by atoms with E-state index in [-0.39, 0.29) is 0 Å². The predicted octanol–water partition coefficient (Wildman–Crippen LogP) is 4.23. The van der Waals surface area contributed by atoms with Crippen molar-refractivity contribution in [3.8, 4) is 0 Å². The van der Waals surface area contributed by atoms with E-state index < -0.39 is 0 Å². The Morgan fingerprint density at radius 2 is 1.94 bits per heavy atom. The minimum atomic E-state index is 0.592. The molecule has 3 atom stereocenters. The Balaban J connectivity index is 2.03. The van der Waals surface area contributed by atoms with Crippen molar-refractivity contribution in [1.29, 1.82) is 0 Å². The van der Waals surface area contributed by atoms with Crippen molar-refractivity contribution in [2.45, 2.75) is 66.2 Å². The number of hydrogen-bond acceptors (Lipinski definition) is 1. The fraction of sp³-hybridized carbons (Fsp3) is 1.00. The van der Waals surface area contributed by atoms with Gasteiger partial charge in [0.15, 0.2) is 0 Å². The topological polar surface area (TPSA) is 12.0 Å². The fourth-order valence-corrected chi connectivity index (χ4v) is 5.01. The van der Waals surface area contributed by atoms with Crippen molar-refractivity contribution < 1.29 is 0 Å². The maximum Gasteiger partial charge on any atom is -0.000957 e. The third-order valence-electron chi connectivity index (χ3n) is 6.00. The van der Waals surface area contributed by atoms with Crippen molar-refractivity contribution in [3.05, 3.63) is 0 Å². The van der Waals surface area contributed by atoms with Crippen LogP contribution in [-0.2, 0) is 0 Å². The molecule has 100 valence electrons. The van der Waals surface area contributed by atoms with Gasteiger partial charge in [0.25, 0.3) is 0 Å². The second kappa shape index (κ2) is 4.91. The van der Waals surface area contributed by atoms with Gasteiger partial charge in [-0.05, 0) is 55.0 Å². The molecule has 2 rings (SSSR count). The lowest BCUT2D eigenvalue weighted by Crippen LogP contribution is -2.27. The summed E-state index contributed by atoms with van der Waals surface area (Å²) in [5.74, 6) is 1.94. The van der Waals surface area contributed by atoms with E-state index in [0.29, 0.717) is 10.8 Å². The largest absolute Gasteiger partial charge is 0.316 e. The van der Waals surface area contributed by atoms with Gasteiger partial charge in [-0.2, -0.15) is 0 Å². The minimum Gasteiger partial charge on any atom is -0.316 e. The van der Waals surface area contributed by atoms with E-state index in [1.54, 1.807) is 0 Å². The van der Waals surface area contributed by atoms with Gasteiger partial charge in [0.05, 0.1) is 0 Å². The quantitative estimate of drug-likeness (QED) is 0.706. The van der Waals surface area contributed by atoms with Gasteiger partial charge in [-0.1, -0.05) is 47.0 Å². The average Bonchev–Trinajstić information content (AvgIpc) is 2.77. The van der Waals surface area contributed by atoms with E-state index in [1.807, 2.05) is 0 Å². The highest BCUT2D eigenvalue weighted by atomic mass is 14.9. The molecule has 0 amide bonds. The number of rotatable bonds is 5. The van der Waals surface area contributed by atoms with Crippen LogP contribution >= 0.6 is 0 Å². The van der Waals surface area contributed by atoms with E-state index in [2.05, 4.69) is 33.0 Å². The van der Waals surface area contributed by atoms with E-state index >= 15 is 0 Å². The maximum atomic E-state index is 3.67. The van der Waals surface area contributed by atoms with Gasteiger partial charge < -0.3 is 5.32 Å². The van der Waals surface area contributed by atoms with Crippen LogP contribution in [0.4, 0.5) is 0 Å². The standard InChI is InChI=1S/C16H31N/c1-5-11-17-12-14-15(3,4)16(14)10-8-7-9-13(16)6-2/h13-14,17H,5-12H2,1-4H3. The van der Waals surface area contributed by atoms with Gasteiger partial charge in [-0.25, -0.2) is 0 Å². The van der Waals surface area contributed by atoms with Crippen molar-refractivity contribution in [2.24, 2.45) is 22.7 Å². The lowest BCUT2D eigenvalue weighted by Gasteiger charge is -2.35. The van der Waals surface area contributed by atoms with E-state index in [0.717, 1.165) is 11.8 Å². The molecule has 3 unspecified atom stereocenters. The van der Waals surface area contributed by atoms with Crippen LogP contribution in [0.1, 0.15) is 66.2 Å². The zero-order chi connectivity index (χ0) is 12.5. The van der Waals surface area contributed by atoms with Crippen LogP contribution in [-0.4, -0.2) is 13.1 Å². The molecule has 17 heavy (non-hydrogen) atoms. The van der Waals surface area contributed by atoms with Crippen LogP contribution in [0.15, 0.2) is 0 Å². The Morgan fingerprint density at radius 1 is 1.18 bits per heavy atom. The lowest BCUT2D eigenvalue weighted by atomic mass is 9.70. The zero-order valence-corrected chi connectivity index (χ0v) is 12.3. The first-order valence-electron chi connectivity index (χ1n) is 7.82. The zero-order valence-electron chi connectivity index (χ0n) is 12.3. The van der Waals surface area contributed by atoms with Crippen LogP contribution in [0.2, 0.25) is 0 Å². The fourth-order valence-electron chi connectivity index (χ4n) is 5.01. The highest BCUT2D eigenvalue weighted by Crippen LogP contribution is 2.76. The monoisotopic (exact) mass is 237 g/mol. The van der Waals surface area contributed by atoms with Crippen molar-refractivity contribution in [2.75, 3.05) is 13.1 Å². The van der Waals surface area contributed by atoms with Crippen molar-refractivity contribution >= 4 is 0 Å². The second-order valence-electron chi connectivity index (χ2n) is 6.87. The smallest absolute Gasteiger partial charge is 0.000957 e. The summed E-state index contributed by atoms with van der Waals surface area (Å²) in [5.41, 5.74) is 1.29. The molecule has 2 aliphatic rings. The number of hydrogen-bond donors (Lipinski definition) is 1. The van der Waals surface area contributed by atoms with Gasteiger partial charge in [0, 0.05) is 0 Å². The molecule has 2 aliphatic carbocycles. The summed E-state index contributed by atoms with van der Waals surface area (Å²) in [6.45, 7) is 12.2. The van der Waals surface area contributed by atoms with Gasteiger partial charge in [0.1, 0.15) is 0 Å². The summed E-state index contributed by atoms with van der Waals surface area (Å²) in [6.07, 6.45) is 8.60. The van der Waals surface area contributed by atoms with Crippen LogP contribution < -0.4 is 5.32 Å².